The van der Waals surface area contributed by atoms with Gasteiger partial charge in [0.15, 0.2) is 5.76 Å². The normalized spacial score (nSPS) is 11.3. The van der Waals surface area contributed by atoms with E-state index >= 15 is 0 Å². The summed E-state index contributed by atoms with van der Waals surface area (Å²) in [5.41, 5.74) is 3.34. The monoisotopic (exact) mass is 421 g/mol. The Bertz CT molecular complexity index is 1040. The molecule has 0 bridgehead atoms. The van der Waals surface area contributed by atoms with Gasteiger partial charge in [-0.1, -0.05) is 45.0 Å². The fourth-order valence-electron chi connectivity index (χ4n) is 3.38. The van der Waals surface area contributed by atoms with Crippen LogP contribution in [0.5, 0.6) is 11.5 Å². The molecule has 164 valence electrons. The van der Waals surface area contributed by atoms with E-state index in [1.807, 2.05) is 36.4 Å². The van der Waals surface area contributed by atoms with E-state index in [-0.39, 0.29) is 11.3 Å². The van der Waals surface area contributed by atoms with Crippen molar-refractivity contribution in [3.8, 4) is 11.5 Å². The Hall–Kier alpha value is -3.21. The zero-order valence-corrected chi connectivity index (χ0v) is 19.0. The maximum atomic E-state index is 12.5. The predicted octanol–water partition coefficient (Wildman–Crippen LogP) is 5.51. The molecule has 0 aliphatic carbocycles. The summed E-state index contributed by atoms with van der Waals surface area (Å²) in [5, 5.41) is 2.89. The van der Waals surface area contributed by atoms with Crippen molar-refractivity contribution in [3.05, 3.63) is 82.8 Å². The molecule has 0 saturated carbocycles. The molecule has 0 atom stereocenters. The minimum Gasteiger partial charge on any atom is -0.497 e. The molecule has 0 fully saturated rings. The lowest BCUT2D eigenvalue weighted by molar-refractivity contribution is 0.0921. The van der Waals surface area contributed by atoms with E-state index < -0.39 is 0 Å². The average Bonchev–Trinajstić information content (AvgIpc) is 3.26. The number of furan rings is 1. The molecule has 1 aromatic heterocycles. The summed E-state index contributed by atoms with van der Waals surface area (Å²) in [6.45, 7) is 7.05. The summed E-state index contributed by atoms with van der Waals surface area (Å²) in [6.07, 6.45) is 1.59. The van der Waals surface area contributed by atoms with Gasteiger partial charge in [0.05, 0.1) is 14.2 Å². The number of rotatable bonds is 9. The molecule has 1 heterocycles. The van der Waals surface area contributed by atoms with Gasteiger partial charge in [0, 0.05) is 18.5 Å². The molecule has 5 heteroatoms. The van der Waals surface area contributed by atoms with Crippen LogP contribution in [0.25, 0.3) is 0 Å². The Labute approximate surface area is 184 Å². The minimum atomic E-state index is -0.248. The van der Waals surface area contributed by atoms with Crippen molar-refractivity contribution in [2.75, 3.05) is 14.2 Å². The lowest BCUT2D eigenvalue weighted by atomic mass is 9.81. The van der Waals surface area contributed by atoms with E-state index in [1.54, 1.807) is 20.3 Å². The second kappa shape index (κ2) is 9.73. The third-order valence-electron chi connectivity index (χ3n) is 5.78. The van der Waals surface area contributed by atoms with Crippen LogP contribution >= 0.6 is 0 Å². The minimum absolute atomic E-state index is 0.0787. The van der Waals surface area contributed by atoms with Gasteiger partial charge in [0.2, 0.25) is 0 Å². The number of hydrogen-bond acceptors (Lipinski definition) is 4. The second-order valence-corrected chi connectivity index (χ2v) is 8.24. The van der Waals surface area contributed by atoms with Crippen molar-refractivity contribution in [1.82, 2.24) is 5.32 Å². The Balaban J connectivity index is 1.70. The van der Waals surface area contributed by atoms with Crippen molar-refractivity contribution in [2.45, 2.75) is 45.6 Å². The van der Waals surface area contributed by atoms with Crippen LogP contribution in [-0.2, 0) is 18.4 Å². The number of carbonyl (C=O) groups is 1. The van der Waals surface area contributed by atoms with Gasteiger partial charge in [-0.05, 0) is 53.3 Å². The molecule has 1 N–H and O–H groups in total. The van der Waals surface area contributed by atoms with Crippen molar-refractivity contribution < 1.29 is 18.7 Å². The van der Waals surface area contributed by atoms with Crippen LogP contribution in [0.3, 0.4) is 0 Å². The van der Waals surface area contributed by atoms with Crippen LogP contribution in [0.1, 0.15) is 60.2 Å². The molecule has 1 amide bonds. The van der Waals surface area contributed by atoms with Crippen molar-refractivity contribution >= 4 is 5.91 Å². The van der Waals surface area contributed by atoms with Crippen molar-refractivity contribution in [1.29, 1.82) is 0 Å². The SMILES string of the molecule is CCC(C)(C)c1ccc(OC)c(Cc2ccc(C(=O)NCc3cccc(OC)c3)o2)c1. The van der Waals surface area contributed by atoms with Gasteiger partial charge in [-0.25, -0.2) is 0 Å². The highest BCUT2D eigenvalue weighted by molar-refractivity contribution is 5.91. The largest absolute Gasteiger partial charge is 0.497 e. The van der Waals surface area contributed by atoms with E-state index in [2.05, 4.69) is 38.2 Å². The molecular weight excluding hydrogens is 390 g/mol. The van der Waals surface area contributed by atoms with Gasteiger partial charge in [-0.15, -0.1) is 0 Å². The number of hydrogen-bond donors (Lipinski definition) is 1. The number of methoxy groups -OCH3 is 2. The van der Waals surface area contributed by atoms with Crippen molar-refractivity contribution in [3.63, 3.8) is 0 Å². The highest BCUT2D eigenvalue weighted by atomic mass is 16.5. The van der Waals surface area contributed by atoms with Gasteiger partial charge in [-0.3, -0.25) is 4.79 Å². The number of benzene rings is 2. The van der Waals surface area contributed by atoms with E-state index in [1.165, 1.54) is 5.56 Å². The molecule has 0 aliphatic rings. The number of nitrogens with one attached hydrogen (secondary N) is 1. The molecule has 5 nitrogen and oxygen atoms in total. The van der Waals surface area contributed by atoms with E-state index in [4.69, 9.17) is 13.9 Å². The summed E-state index contributed by atoms with van der Waals surface area (Å²) in [4.78, 5) is 12.5. The molecule has 0 unspecified atom stereocenters. The number of ether oxygens (including phenoxy) is 2. The molecule has 31 heavy (non-hydrogen) atoms. The summed E-state index contributed by atoms with van der Waals surface area (Å²) in [5.74, 6) is 2.34. The zero-order chi connectivity index (χ0) is 22.4. The average molecular weight is 422 g/mol. The molecular formula is C26H31NO4. The maximum absolute atomic E-state index is 12.5. The molecule has 3 rings (SSSR count). The second-order valence-electron chi connectivity index (χ2n) is 8.24. The van der Waals surface area contributed by atoms with Crippen LogP contribution in [0, 0.1) is 0 Å². The van der Waals surface area contributed by atoms with Crippen LogP contribution in [0.2, 0.25) is 0 Å². The first-order chi connectivity index (χ1) is 14.9. The Morgan fingerprint density at radius 3 is 2.55 bits per heavy atom. The van der Waals surface area contributed by atoms with Gasteiger partial charge in [0.1, 0.15) is 17.3 Å². The first-order valence-electron chi connectivity index (χ1n) is 10.5. The highest BCUT2D eigenvalue weighted by Gasteiger charge is 2.20. The molecule has 3 aromatic rings. The topological polar surface area (TPSA) is 60.7 Å². The van der Waals surface area contributed by atoms with E-state index in [0.29, 0.717) is 18.7 Å². The van der Waals surface area contributed by atoms with Crippen LogP contribution < -0.4 is 14.8 Å². The molecule has 0 radical (unpaired) electrons. The molecule has 0 spiro atoms. The van der Waals surface area contributed by atoms with Gasteiger partial charge in [-0.2, -0.15) is 0 Å². The summed E-state index contributed by atoms with van der Waals surface area (Å²) >= 11 is 0. The quantitative estimate of drug-likeness (QED) is 0.495. The Kier molecular flexibility index (Phi) is 7.06. The first-order valence-corrected chi connectivity index (χ1v) is 10.5. The van der Waals surface area contributed by atoms with Gasteiger partial charge in [0.25, 0.3) is 5.91 Å². The van der Waals surface area contributed by atoms with Crippen LogP contribution in [0.15, 0.2) is 59.0 Å². The molecule has 2 aromatic carbocycles. The fourth-order valence-corrected chi connectivity index (χ4v) is 3.38. The van der Waals surface area contributed by atoms with Crippen LogP contribution in [-0.4, -0.2) is 20.1 Å². The van der Waals surface area contributed by atoms with Gasteiger partial charge >= 0.3 is 0 Å². The third kappa shape index (κ3) is 5.48. The lowest BCUT2D eigenvalue weighted by Crippen LogP contribution is -2.22. The van der Waals surface area contributed by atoms with Gasteiger partial charge < -0.3 is 19.2 Å². The number of carbonyl (C=O) groups excluding carboxylic acids is 1. The standard InChI is InChI=1S/C26H31NO4/c1-6-26(2,3)20-10-12-23(30-5)19(15-20)16-22-11-13-24(31-22)25(28)27-17-18-8-7-9-21(14-18)29-4/h7-15H,6,16-17H2,1-5H3,(H,27,28). The van der Waals surface area contributed by atoms with Crippen molar-refractivity contribution in [2.24, 2.45) is 0 Å². The Morgan fingerprint density at radius 2 is 1.84 bits per heavy atom. The lowest BCUT2D eigenvalue weighted by Gasteiger charge is -2.24. The first kappa shape index (κ1) is 22.5. The van der Waals surface area contributed by atoms with E-state index in [0.717, 1.165) is 34.8 Å². The zero-order valence-electron chi connectivity index (χ0n) is 19.0. The van der Waals surface area contributed by atoms with Crippen LogP contribution in [0.4, 0.5) is 0 Å². The summed E-state index contributed by atoms with van der Waals surface area (Å²) < 4.78 is 16.6. The Morgan fingerprint density at radius 1 is 1.03 bits per heavy atom. The summed E-state index contributed by atoms with van der Waals surface area (Å²) in [7, 11) is 3.29. The maximum Gasteiger partial charge on any atom is 0.287 e. The smallest absolute Gasteiger partial charge is 0.287 e. The molecule has 0 aliphatic heterocycles. The summed E-state index contributed by atoms with van der Waals surface area (Å²) in [6, 6.07) is 17.5. The highest BCUT2D eigenvalue weighted by Crippen LogP contribution is 2.32. The number of amides is 1. The fraction of sp³-hybridized carbons (Fsp3) is 0.346. The predicted molar refractivity (Wildman–Crippen MR) is 122 cm³/mol. The molecule has 0 saturated heterocycles. The third-order valence-corrected chi connectivity index (χ3v) is 5.78. The van der Waals surface area contributed by atoms with E-state index in [9.17, 15) is 4.79 Å².